The lowest BCUT2D eigenvalue weighted by atomic mass is 9.83. The predicted octanol–water partition coefficient (Wildman–Crippen LogP) is 4.58. The van der Waals surface area contributed by atoms with Gasteiger partial charge < -0.3 is 20.9 Å². The minimum atomic E-state index is -0.983. The number of carbonyl (C=O) groups excluding carboxylic acids is 6. The molecule has 1 aliphatic carbocycles. The van der Waals surface area contributed by atoms with Crippen LogP contribution in [-0.4, -0.2) is 72.3 Å². The molecule has 0 radical (unpaired) electrons. The van der Waals surface area contributed by atoms with E-state index in [2.05, 4.69) is 16.0 Å². The van der Waals surface area contributed by atoms with Crippen molar-refractivity contribution >= 4 is 35.2 Å². The minimum absolute atomic E-state index is 0.0775. The van der Waals surface area contributed by atoms with E-state index in [0.717, 1.165) is 25.7 Å². The third kappa shape index (κ3) is 14.5. The van der Waals surface area contributed by atoms with Crippen molar-refractivity contribution in [1.82, 2.24) is 20.9 Å². The molecule has 3 atom stereocenters. The van der Waals surface area contributed by atoms with Crippen LogP contribution in [0.2, 0.25) is 0 Å². The normalized spacial score (nSPS) is 16.3. The fraction of sp³-hybridized carbons (Fsp3) is 0.829. The Morgan fingerprint density at radius 2 is 1.40 bits per heavy atom. The lowest BCUT2D eigenvalue weighted by Crippen LogP contribution is -2.51. The average Bonchev–Trinajstić information content (AvgIpc) is 2.95. The predicted molar refractivity (Wildman–Crippen MR) is 177 cm³/mol. The van der Waals surface area contributed by atoms with Gasteiger partial charge in [0.25, 0.3) is 0 Å². The number of rotatable bonds is 17. The molecule has 0 aromatic rings. The number of Topliss-reactive ketones (excluding diaryl/α,β-unsaturated/α-hetero) is 2. The number of likely N-dealkylation sites (N-methyl/N-ethyl adjacent to an activating group) is 1. The molecule has 4 amide bonds. The highest BCUT2D eigenvalue weighted by Gasteiger charge is 2.33. The van der Waals surface area contributed by atoms with Gasteiger partial charge in [-0.2, -0.15) is 0 Å². The van der Waals surface area contributed by atoms with E-state index < -0.39 is 35.0 Å². The summed E-state index contributed by atoms with van der Waals surface area (Å²) in [4.78, 5) is 79.3. The first-order valence-corrected chi connectivity index (χ1v) is 16.9. The highest BCUT2D eigenvalue weighted by molar-refractivity contribution is 5.96. The zero-order chi connectivity index (χ0) is 34.5. The highest BCUT2D eigenvalue weighted by Crippen LogP contribution is 2.28. The zero-order valence-corrected chi connectivity index (χ0v) is 29.8. The standard InChI is InChI=1S/C35H62N4O6/c1-11-27(34(4,5)6)38-29(42)22-37-32(44)25(20-28(41)35(7,8)9)19-26(40)21-36-33(45)31(23(2)3)39(10)30(43)18-17-24-15-13-12-14-16-24/h23-25,27,31H,11-22H2,1-10H3,(H,36,45)(H,37,44)(H,38,42)/t25-,27?,31?/m0/s1. The van der Waals surface area contributed by atoms with Crippen LogP contribution in [0.4, 0.5) is 0 Å². The van der Waals surface area contributed by atoms with Crippen molar-refractivity contribution in [2.24, 2.45) is 28.6 Å². The molecular weight excluding hydrogens is 572 g/mol. The number of nitrogens with zero attached hydrogens (tertiary/aromatic N) is 1. The maximum atomic E-state index is 13.2. The fourth-order valence-electron chi connectivity index (χ4n) is 5.97. The summed E-state index contributed by atoms with van der Waals surface area (Å²) in [7, 11) is 1.63. The van der Waals surface area contributed by atoms with Crippen molar-refractivity contribution in [3.63, 3.8) is 0 Å². The second-order valence-corrected chi connectivity index (χ2v) is 15.4. The van der Waals surface area contributed by atoms with Gasteiger partial charge in [0.15, 0.2) is 5.78 Å². The van der Waals surface area contributed by atoms with Crippen molar-refractivity contribution in [3.8, 4) is 0 Å². The van der Waals surface area contributed by atoms with Crippen LogP contribution in [0.15, 0.2) is 0 Å². The summed E-state index contributed by atoms with van der Waals surface area (Å²) < 4.78 is 0. The lowest BCUT2D eigenvalue weighted by Gasteiger charge is -2.31. The van der Waals surface area contributed by atoms with Crippen molar-refractivity contribution in [3.05, 3.63) is 0 Å². The van der Waals surface area contributed by atoms with Crippen LogP contribution in [0.1, 0.15) is 127 Å². The molecule has 0 aromatic heterocycles. The lowest BCUT2D eigenvalue weighted by molar-refractivity contribution is -0.141. The van der Waals surface area contributed by atoms with E-state index in [0.29, 0.717) is 12.3 Å². The molecular formula is C35H62N4O6. The molecule has 0 saturated heterocycles. The third-order valence-corrected chi connectivity index (χ3v) is 8.99. The number of hydrogen-bond acceptors (Lipinski definition) is 6. The van der Waals surface area contributed by atoms with Gasteiger partial charge in [0.05, 0.1) is 19.0 Å². The molecule has 10 nitrogen and oxygen atoms in total. The van der Waals surface area contributed by atoms with E-state index >= 15 is 0 Å². The van der Waals surface area contributed by atoms with Crippen LogP contribution >= 0.6 is 0 Å². The molecule has 0 bridgehead atoms. The van der Waals surface area contributed by atoms with E-state index in [9.17, 15) is 28.8 Å². The maximum absolute atomic E-state index is 13.2. The minimum Gasteiger partial charge on any atom is -0.351 e. The van der Waals surface area contributed by atoms with Crippen molar-refractivity contribution < 1.29 is 28.8 Å². The number of ketones is 2. The molecule has 3 N–H and O–H groups in total. The van der Waals surface area contributed by atoms with Crippen LogP contribution in [-0.2, 0) is 28.8 Å². The second-order valence-electron chi connectivity index (χ2n) is 15.4. The van der Waals surface area contributed by atoms with Gasteiger partial charge in [-0.1, -0.05) is 94.4 Å². The van der Waals surface area contributed by atoms with Crippen LogP contribution in [0.3, 0.4) is 0 Å². The summed E-state index contributed by atoms with van der Waals surface area (Å²) >= 11 is 0. The Hall–Kier alpha value is -2.78. The molecule has 1 saturated carbocycles. The fourth-order valence-corrected chi connectivity index (χ4v) is 5.97. The molecule has 0 aliphatic heterocycles. The molecule has 1 fully saturated rings. The first-order chi connectivity index (χ1) is 20.8. The summed E-state index contributed by atoms with van der Waals surface area (Å²) in [6, 6.07) is -0.817. The Balaban J connectivity index is 2.82. The molecule has 0 aromatic carbocycles. The van der Waals surface area contributed by atoms with Crippen molar-refractivity contribution in [2.45, 2.75) is 139 Å². The van der Waals surface area contributed by atoms with Crippen molar-refractivity contribution in [2.75, 3.05) is 20.1 Å². The highest BCUT2D eigenvalue weighted by atomic mass is 16.2. The van der Waals surface area contributed by atoms with E-state index in [1.807, 2.05) is 41.5 Å². The van der Waals surface area contributed by atoms with E-state index in [1.54, 1.807) is 27.8 Å². The number of hydrogen-bond donors (Lipinski definition) is 3. The van der Waals surface area contributed by atoms with Gasteiger partial charge in [-0.05, 0) is 30.1 Å². The topological polar surface area (TPSA) is 142 Å². The van der Waals surface area contributed by atoms with Gasteiger partial charge in [-0.3, -0.25) is 28.8 Å². The Morgan fingerprint density at radius 1 is 0.822 bits per heavy atom. The SMILES string of the molecule is CCC(NC(=O)CNC(=O)[C@@H](CC(=O)CNC(=O)C(C(C)C)N(C)C(=O)CCC1CCCCC1)CC(=O)C(C)(C)C)C(C)(C)C. The van der Waals surface area contributed by atoms with Gasteiger partial charge in [0.1, 0.15) is 11.8 Å². The largest absolute Gasteiger partial charge is 0.351 e. The molecule has 10 heteroatoms. The Bertz CT molecular complexity index is 1020. The monoisotopic (exact) mass is 634 g/mol. The molecule has 2 unspecified atom stereocenters. The van der Waals surface area contributed by atoms with Gasteiger partial charge in [0, 0.05) is 37.8 Å². The Kier molecular flexibility index (Phi) is 16.4. The number of nitrogens with one attached hydrogen (secondary N) is 3. The number of carbonyl (C=O) groups is 6. The third-order valence-electron chi connectivity index (χ3n) is 8.99. The number of amides is 4. The first-order valence-electron chi connectivity index (χ1n) is 16.9. The first kappa shape index (κ1) is 40.2. The van der Waals surface area contributed by atoms with E-state index in [-0.39, 0.29) is 60.9 Å². The smallest absolute Gasteiger partial charge is 0.243 e. The Morgan fingerprint density at radius 3 is 1.91 bits per heavy atom. The summed E-state index contributed by atoms with van der Waals surface area (Å²) in [5.74, 6) is -2.63. The molecule has 1 rings (SSSR count). The molecule has 45 heavy (non-hydrogen) atoms. The van der Waals surface area contributed by atoms with Crippen molar-refractivity contribution in [1.29, 1.82) is 0 Å². The summed E-state index contributed by atoms with van der Waals surface area (Å²) in [6.07, 6.45) is 7.48. The van der Waals surface area contributed by atoms with Gasteiger partial charge in [-0.15, -0.1) is 0 Å². The van der Waals surface area contributed by atoms with Gasteiger partial charge in [-0.25, -0.2) is 0 Å². The molecule has 258 valence electrons. The maximum Gasteiger partial charge on any atom is 0.243 e. The molecule has 0 heterocycles. The van der Waals surface area contributed by atoms with E-state index in [4.69, 9.17) is 0 Å². The van der Waals surface area contributed by atoms with Gasteiger partial charge in [0.2, 0.25) is 23.6 Å². The quantitative estimate of drug-likeness (QED) is 0.214. The summed E-state index contributed by atoms with van der Waals surface area (Å²) in [5, 5.41) is 8.20. The summed E-state index contributed by atoms with van der Waals surface area (Å²) in [6.45, 7) is 16.4. The zero-order valence-electron chi connectivity index (χ0n) is 29.8. The van der Waals surface area contributed by atoms with Crippen LogP contribution in [0, 0.1) is 28.6 Å². The molecule has 0 spiro atoms. The molecule has 1 aliphatic rings. The van der Waals surface area contributed by atoms with Gasteiger partial charge >= 0.3 is 0 Å². The second kappa shape index (κ2) is 18.4. The van der Waals surface area contributed by atoms with Crippen LogP contribution in [0.25, 0.3) is 0 Å². The average molecular weight is 635 g/mol. The van der Waals surface area contributed by atoms with Crippen LogP contribution < -0.4 is 16.0 Å². The van der Waals surface area contributed by atoms with Crippen LogP contribution in [0.5, 0.6) is 0 Å². The Labute approximate surface area is 272 Å². The summed E-state index contributed by atoms with van der Waals surface area (Å²) in [5.41, 5.74) is -0.870. The van der Waals surface area contributed by atoms with E-state index in [1.165, 1.54) is 24.2 Å².